The Morgan fingerprint density at radius 1 is 1.27 bits per heavy atom. The molecule has 2 aromatic rings. The first-order chi connectivity index (χ1) is 13.8. The fourth-order valence-corrected chi connectivity index (χ4v) is 4.99. The average Bonchev–Trinajstić information content (AvgIpc) is 3.13. The fourth-order valence-electron chi connectivity index (χ4n) is 3.62. The third-order valence-electron chi connectivity index (χ3n) is 5.47. The van der Waals surface area contributed by atoms with Crippen LogP contribution in [0.15, 0.2) is 47.7 Å². The first-order valence-corrected chi connectivity index (χ1v) is 11.7. The first kappa shape index (κ1) is 24.6. The molecule has 0 atom stereocenters. The molecule has 0 radical (unpaired) electrons. The molecule has 7 nitrogen and oxygen atoms in total. The lowest BCUT2D eigenvalue weighted by atomic mass is 10.1. The summed E-state index contributed by atoms with van der Waals surface area (Å²) in [7, 11) is -1.35. The Kier molecular flexibility index (Phi) is 8.72. The normalized spacial score (nSPS) is 18.0. The number of guanidine groups is 1. The molecule has 0 aliphatic carbocycles. The Morgan fingerprint density at radius 2 is 2.00 bits per heavy atom. The van der Waals surface area contributed by atoms with Gasteiger partial charge in [-0.1, -0.05) is 30.3 Å². The lowest BCUT2D eigenvalue weighted by molar-refractivity contribution is 0.352. The molecule has 0 unspecified atom stereocenters. The van der Waals surface area contributed by atoms with Crippen molar-refractivity contribution in [3.63, 3.8) is 0 Å². The zero-order valence-corrected chi connectivity index (χ0v) is 21.1. The van der Waals surface area contributed by atoms with Gasteiger partial charge in [0.1, 0.15) is 5.82 Å². The number of sulfone groups is 1. The minimum atomic E-state index is -3.07. The van der Waals surface area contributed by atoms with E-state index in [1.54, 1.807) is 20.9 Å². The van der Waals surface area contributed by atoms with Gasteiger partial charge in [-0.25, -0.2) is 13.4 Å². The van der Waals surface area contributed by atoms with Crippen LogP contribution in [0.4, 0.5) is 0 Å². The van der Waals surface area contributed by atoms with Crippen LogP contribution >= 0.6 is 24.0 Å². The summed E-state index contributed by atoms with van der Waals surface area (Å²) in [4.78, 5) is 10.8. The van der Waals surface area contributed by atoms with Crippen molar-refractivity contribution in [1.82, 2.24) is 19.8 Å². The van der Waals surface area contributed by atoms with E-state index in [9.17, 15) is 8.42 Å². The number of benzene rings is 1. The number of aromatic nitrogens is 2. The number of nitrogens with one attached hydrogen (secondary N) is 1. The number of imidazole rings is 1. The van der Waals surface area contributed by atoms with Gasteiger partial charge < -0.3 is 14.8 Å². The molecule has 0 saturated carbocycles. The highest BCUT2D eigenvalue weighted by atomic mass is 127. The molecule has 0 spiro atoms. The molecule has 1 fully saturated rings. The molecule has 1 aromatic carbocycles. The van der Waals surface area contributed by atoms with Crippen molar-refractivity contribution in [3.8, 4) is 0 Å². The van der Waals surface area contributed by atoms with Crippen molar-refractivity contribution >= 4 is 39.8 Å². The smallest absolute Gasteiger partial charge is 0.194 e. The van der Waals surface area contributed by atoms with Gasteiger partial charge in [-0.15, -0.1) is 24.0 Å². The van der Waals surface area contributed by atoms with Gasteiger partial charge in [0.05, 0.1) is 17.0 Å². The van der Waals surface area contributed by atoms with Crippen molar-refractivity contribution in [1.29, 1.82) is 0 Å². The third kappa shape index (κ3) is 5.96. The predicted octanol–water partition coefficient (Wildman–Crippen LogP) is 2.72. The van der Waals surface area contributed by atoms with Crippen LogP contribution < -0.4 is 5.32 Å². The van der Waals surface area contributed by atoms with E-state index in [1.807, 2.05) is 23.4 Å². The maximum absolute atomic E-state index is 12.3. The SMILES string of the molecule is CN=C(NCc1nccn1CCCc1ccccc1)N1CCS(=O)(=O)C(C)(C)C1.I. The number of hydrogen-bond donors (Lipinski definition) is 1. The summed E-state index contributed by atoms with van der Waals surface area (Å²) < 4.78 is 25.9. The molecule has 1 N–H and O–H groups in total. The molecule has 30 heavy (non-hydrogen) atoms. The molecule has 0 amide bonds. The number of hydrogen-bond acceptors (Lipinski definition) is 4. The predicted molar refractivity (Wildman–Crippen MR) is 132 cm³/mol. The Labute approximate surface area is 196 Å². The van der Waals surface area contributed by atoms with Crippen molar-refractivity contribution in [2.24, 2.45) is 4.99 Å². The van der Waals surface area contributed by atoms with Gasteiger partial charge in [0, 0.05) is 39.1 Å². The lowest BCUT2D eigenvalue weighted by Gasteiger charge is -2.39. The molecule has 2 heterocycles. The largest absolute Gasteiger partial charge is 0.349 e. The van der Waals surface area contributed by atoms with Gasteiger partial charge in [0.25, 0.3) is 0 Å². The summed E-state index contributed by atoms with van der Waals surface area (Å²) in [6.45, 7) is 5.90. The van der Waals surface area contributed by atoms with Gasteiger partial charge in [-0.3, -0.25) is 4.99 Å². The van der Waals surface area contributed by atoms with E-state index >= 15 is 0 Å². The molecule has 0 bridgehead atoms. The van der Waals surface area contributed by atoms with Crippen LogP contribution in [0.3, 0.4) is 0 Å². The lowest BCUT2D eigenvalue weighted by Crippen LogP contribution is -2.57. The first-order valence-electron chi connectivity index (χ1n) is 10.0. The average molecular weight is 545 g/mol. The summed E-state index contributed by atoms with van der Waals surface area (Å²) in [5.74, 6) is 1.81. The summed E-state index contributed by atoms with van der Waals surface area (Å²) in [6, 6.07) is 10.5. The van der Waals surface area contributed by atoms with Gasteiger partial charge in [0.2, 0.25) is 0 Å². The van der Waals surface area contributed by atoms with E-state index in [0.29, 0.717) is 25.6 Å². The van der Waals surface area contributed by atoms with Crippen molar-refractivity contribution < 1.29 is 8.42 Å². The van der Waals surface area contributed by atoms with Crippen molar-refractivity contribution in [3.05, 3.63) is 54.1 Å². The Hall–Kier alpha value is -1.62. The number of aliphatic imine (C=N–C) groups is 1. The number of nitrogens with zero attached hydrogens (tertiary/aromatic N) is 4. The zero-order chi connectivity index (χ0) is 20.9. The second-order valence-corrected chi connectivity index (χ2v) is 10.8. The topological polar surface area (TPSA) is 79.6 Å². The Morgan fingerprint density at radius 3 is 2.67 bits per heavy atom. The van der Waals surface area contributed by atoms with Gasteiger partial charge in [0.15, 0.2) is 15.8 Å². The van der Waals surface area contributed by atoms with Crippen LogP contribution in [0.5, 0.6) is 0 Å². The van der Waals surface area contributed by atoms with Crippen LogP contribution in [0.25, 0.3) is 0 Å². The van der Waals surface area contributed by atoms with E-state index in [2.05, 4.69) is 44.1 Å². The maximum Gasteiger partial charge on any atom is 0.194 e. The molecule has 1 aromatic heterocycles. The minimum absolute atomic E-state index is 0. The monoisotopic (exact) mass is 545 g/mol. The van der Waals surface area contributed by atoms with Crippen molar-refractivity contribution in [2.75, 3.05) is 25.9 Å². The molecule has 3 rings (SSSR count). The molecule has 1 aliphatic heterocycles. The van der Waals surface area contributed by atoms with Crippen LogP contribution in [0, 0.1) is 0 Å². The van der Waals surface area contributed by atoms with E-state index in [-0.39, 0.29) is 29.7 Å². The van der Waals surface area contributed by atoms with Crippen LogP contribution in [-0.4, -0.2) is 59.5 Å². The molecular formula is C21H32IN5O2S. The van der Waals surface area contributed by atoms with Crippen molar-refractivity contribution in [2.45, 2.75) is 44.5 Å². The van der Waals surface area contributed by atoms with E-state index in [1.165, 1.54) is 5.56 Å². The second kappa shape index (κ2) is 10.6. The van der Waals surface area contributed by atoms with Crippen LogP contribution in [0.1, 0.15) is 31.7 Å². The highest BCUT2D eigenvalue weighted by molar-refractivity contribution is 14.0. The number of aryl methyl sites for hydroxylation is 2. The molecule has 1 aliphatic rings. The minimum Gasteiger partial charge on any atom is -0.349 e. The highest BCUT2D eigenvalue weighted by Gasteiger charge is 2.40. The highest BCUT2D eigenvalue weighted by Crippen LogP contribution is 2.23. The molecular weight excluding hydrogens is 513 g/mol. The number of halogens is 1. The quantitative estimate of drug-likeness (QED) is 0.343. The van der Waals surface area contributed by atoms with E-state index < -0.39 is 14.6 Å². The summed E-state index contributed by atoms with van der Waals surface area (Å²) in [5.41, 5.74) is 1.34. The van der Waals surface area contributed by atoms with E-state index in [4.69, 9.17) is 0 Å². The van der Waals surface area contributed by atoms with Gasteiger partial charge in [-0.05, 0) is 32.3 Å². The third-order valence-corrected chi connectivity index (χ3v) is 8.00. The van der Waals surface area contributed by atoms with Gasteiger partial charge >= 0.3 is 0 Å². The zero-order valence-electron chi connectivity index (χ0n) is 17.9. The van der Waals surface area contributed by atoms with Crippen LogP contribution in [-0.2, 0) is 29.3 Å². The second-order valence-electron chi connectivity index (χ2n) is 8.03. The Balaban J connectivity index is 0.00000320. The molecule has 1 saturated heterocycles. The van der Waals surface area contributed by atoms with E-state index in [0.717, 1.165) is 25.2 Å². The van der Waals surface area contributed by atoms with Crippen LogP contribution in [0.2, 0.25) is 0 Å². The Bertz CT molecular complexity index is 941. The summed E-state index contributed by atoms with van der Waals surface area (Å²) >= 11 is 0. The standard InChI is InChI=1S/C21H31N5O2S.HI/c1-21(2)17-26(14-15-29(21,27)28)20(22-3)24-16-19-23-11-13-25(19)12-7-10-18-8-5-4-6-9-18;/h4-6,8-9,11,13H,7,10,12,14-17H2,1-3H3,(H,22,24);1H. The summed E-state index contributed by atoms with van der Waals surface area (Å²) in [5, 5.41) is 3.35. The molecule has 166 valence electrons. The van der Waals surface area contributed by atoms with Gasteiger partial charge in [-0.2, -0.15) is 0 Å². The summed E-state index contributed by atoms with van der Waals surface area (Å²) in [6.07, 6.45) is 5.89. The molecule has 9 heteroatoms. The maximum atomic E-state index is 12.3. The fraction of sp³-hybridized carbons (Fsp3) is 0.524. The number of rotatable bonds is 6.